The standard InChI is InChI=1S/C29H28N2O/c1-17-9-7-10-18(2)26(17)24-14-13-21-20-11-8-12-22(27(20)32-28(21)31-24)25-15-19(3)23(16-30-25)29(4,5)6/h7-16H,1-6H3. The zero-order valence-corrected chi connectivity index (χ0v) is 19.6. The molecule has 0 fully saturated rings. The molecule has 5 rings (SSSR count). The maximum absolute atomic E-state index is 6.37. The molecule has 5 aromatic rings. The summed E-state index contributed by atoms with van der Waals surface area (Å²) in [4.78, 5) is 9.72. The van der Waals surface area contributed by atoms with Crippen molar-refractivity contribution in [2.45, 2.75) is 47.0 Å². The van der Waals surface area contributed by atoms with E-state index in [0.717, 1.165) is 33.3 Å². The predicted molar refractivity (Wildman–Crippen MR) is 133 cm³/mol. The van der Waals surface area contributed by atoms with Gasteiger partial charge in [0.1, 0.15) is 5.58 Å². The number of aryl methyl sites for hydroxylation is 3. The number of rotatable bonds is 2. The molecule has 0 spiro atoms. The molecular weight excluding hydrogens is 392 g/mol. The van der Waals surface area contributed by atoms with Crippen molar-refractivity contribution in [3.63, 3.8) is 0 Å². The van der Waals surface area contributed by atoms with Crippen molar-refractivity contribution in [3.8, 4) is 22.5 Å². The van der Waals surface area contributed by atoms with Crippen LogP contribution >= 0.6 is 0 Å². The summed E-state index contributed by atoms with van der Waals surface area (Å²) in [6.45, 7) is 13.1. The lowest BCUT2D eigenvalue weighted by molar-refractivity contribution is 0.583. The van der Waals surface area contributed by atoms with E-state index in [9.17, 15) is 0 Å². The Bertz CT molecular complexity index is 1460. The number of pyridine rings is 2. The van der Waals surface area contributed by atoms with Gasteiger partial charge in [0.25, 0.3) is 0 Å². The highest BCUT2D eigenvalue weighted by atomic mass is 16.3. The Kier molecular flexibility index (Phi) is 4.67. The number of benzene rings is 2. The lowest BCUT2D eigenvalue weighted by Gasteiger charge is -2.21. The highest BCUT2D eigenvalue weighted by Crippen LogP contribution is 2.37. The molecule has 0 saturated carbocycles. The number of hydrogen-bond acceptors (Lipinski definition) is 3. The second kappa shape index (κ2) is 7.30. The lowest BCUT2D eigenvalue weighted by Crippen LogP contribution is -2.13. The van der Waals surface area contributed by atoms with Crippen LogP contribution in [0.1, 0.15) is 43.0 Å². The second-order valence-electron chi connectivity index (χ2n) is 9.73. The largest absolute Gasteiger partial charge is 0.437 e. The van der Waals surface area contributed by atoms with E-state index < -0.39 is 0 Å². The van der Waals surface area contributed by atoms with Gasteiger partial charge in [-0.1, -0.05) is 51.1 Å². The number of nitrogens with zero attached hydrogens (tertiary/aromatic N) is 2. The Hall–Kier alpha value is -3.46. The van der Waals surface area contributed by atoms with E-state index in [4.69, 9.17) is 14.4 Å². The third-order valence-corrected chi connectivity index (χ3v) is 6.30. The average molecular weight is 421 g/mol. The summed E-state index contributed by atoms with van der Waals surface area (Å²) in [7, 11) is 0. The van der Waals surface area contributed by atoms with Gasteiger partial charge < -0.3 is 4.42 Å². The second-order valence-corrected chi connectivity index (χ2v) is 9.73. The van der Waals surface area contributed by atoms with Crippen LogP contribution in [0.3, 0.4) is 0 Å². The number of hydrogen-bond donors (Lipinski definition) is 0. The Labute approximate surface area is 189 Å². The van der Waals surface area contributed by atoms with E-state index in [1.165, 1.54) is 27.8 Å². The Morgan fingerprint density at radius 1 is 0.750 bits per heavy atom. The molecule has 0 saturated heterocycles. The smallest absolute Gasteiger partial charge is 0.227 e. The Morgan fingerprint density at radius 3 is 2.16 bits per heavy atom. The van der Waals surface area contributed by atoms with E-state index in [2.05, 4.69) is 96.1 Å². The van der Waals surface area contributed by atoms with Crippen LogP contribution in [-0.2, 0) is 5.41 Å². The van der Waals surface area contributed by atoms with Gasteiger partial charge in [-0.2, -0.15) is 0 Å². The van der Waals surface area contributed by atoms with Crippen LogP contribution < -0.4 is 0 Å². The van der Waals surface area contributed by atoms with Crippen molar-refractivity contribution in [1.82, 2.24) is 9.97 Å². The number of para-hydroxylation sites is 1. The van der Waals surface area contributed by atoms with E-state index >= 15 is 0 Å². The van der Waals surface area contributed by atoms with Crippen LogP contribution in [0, 0.1) is 20.8 Å². The summed E-state index contributed by atoms with van der Waals surface area (Å²) in [5, 5.41) is 2.09. The molecule has 0 aliphatic rings. The highest BCUT2D eigenvalue weighted by molar-refractivity contribution is 6.08. The quantitative estimate of drug-likeness (QED) is 0.291. The van der Waals surface area contributed by atoms with Crippen molar-refractivity contribution in [2.75, 3.05) is 0 Å². The minimum atomic E-state index is 0.0645. The number of aromatic nitrogens is 2. The monoisotopic (exact) mass is 420 g/mol. The van der Waals surface area contributed by atoms with Crippen LogP contribution in [0.4, 0.5) is 0 Å². The molecule has 0 bridgehead atoms. The Morgan fingerprint density at radius 2 is 1.47 bits per heavy atom. The van der Waals surface area contributed by atoms with Crippen LogP contribution in [0.15, 0.2) is 65.2 Å². The summed E-state index contributed by atoms with van der Waals surface area (Å²) in [6, 6.07) is 19.0. The Balaban J connectivity index is 1.69. The number of furan rings is 1. The molecule has 0 amide bonds. The van der Waals surface area contributed by atoms with Gasteiger partial charge in [0.15, 0.2) is 0 Å². The van der Waals surface area contributed by atoms with Crippen molar-refractivity contribution in [2.24, 2.45) is 0 Å². The first-order valence-electron chi connectivity index (χ1n) is 11.1. The summed E-state index contributed by atoms with van der Waals surface area (Å²) in [5.41, 5.74) is 10.5. The van der Waals surface area contributed by atoms with Crippen LogP contribution in [-0.4, -0.2) is 9.97 Å². The average Bonchev–Trinajstić information content (AvgIpc) is 3.10. The van der Waals surface area contributed by atoms with Crippen LogP contribution in [0.25, 0.3) is 44.6 Å². The van der Waals surface area contributed by atoms with E-state index in [1.54, 1.807) is 0 Å². The highest BCUT2D eigenvalue weighted by Gasteiger charge is 2.19. The zero-order chi connectivity index (χ0) is 22.6. The zero-order valence-electron chi connectivity index (χ0n) is 19.6. The van der Waals surface area contributed by atoms with E-state index in [0.29, 0.717) is 5.71 Å². The molecule has 160 valence electrons. The molecule has 0 aliphatic heterocycles. The van der Waals surface area contributed by atoms with Gasteiger partial charge in [-0.15, -0.1) is 0 Å². The predicted octanol–water partition coefficient (Wildman–Crippen LogP) is 7.93. The van der Waals surface area contributed by atoms with Crippen molar-refractivity contribution < 1.29 is 4.42 Å². The summed E-state index contributed by atoms with van der Waals surface area (Å²) in [5.74, 6) is 0. The molecule has 0 unspecified atom stereocenters. The molecule has 0 radical (unpaired) electrons. The first-order valence-corrected chi connectivity index (χ1v) is 11.1. The summed E-state index contributed by atoms with van der Waals surface area (Å²) < 4.78 is 6.37. The fourth-order valence-corrected chi connectivity index (χ4v) is 4.73. The van der Waals surface area contributed by atoms with Gasteiger partial charge in [0, 0.05) is 28.1 Å². The fourth-order valence-electron chi connectivity index (χ4n) is 4.73. The van der Waals surface area contributed by atoms with Gasteiger partial charge >= 0.3 is 0 Å². The molecule has 32 heavy (non-hydrogen) atoms. The summed E-state index contributed by atoms with van der Waals surface area (Å²) >= 11 is 0. The maximum atomic E-state index is 6.37. The van der Waals surface area contributed by atoms with Gasteiger partial charge in [-0.05, 0) is 72.7 Å². The van der Waals surface area contributed by atoms with E-state index in [1.807, 2.05) is 6.20 Å². The minimum absolute atomic E-state index is 0.0645. The van der Waals surface area contributed by atoms with E-state index in [-0.39, 0.29) is 5.41 Å². The number of fused-ring (bicyclic) bond motifs is 3. The molecule has 0 atom stereocenters. The summed E-state index contributed by atoms with van der Waals surface area (Å²) in [6.07, 6.45) is 2.00. The molecule has 0 aliphatic carbocycles. The topological polar surface area (TPSA) is 38.9 Å². The molecule has 3 nitrogen and oxygen atoms in total. The third kappa shape index (κ3) is 3.29. The van der Waals surface area contributed by atoms with Crippen molar-refractivity contribution >= 4 is 22.1 Å². The van der Waals surface area contributed by atoms with Gasteiger partial charge in [-0.3, -0.25) is 4.98 Å². The molecule has 0 N–H and O–H groups in total. The minimum Gasteiger partial charge on any atom is -0.437 e. The lowest BCUT2D eigenvalue weighted by atomic mass is 9.85. The molecular formula is C29H28N2O. The van der Waals surface area contributed by atoms with Gasteiger partial charge in [0.05, 0.1) is 11.4 Å². The third-order valence-electron chi connectivity index (χ3n) is 6.30. The first-order chi connectivity index (χ1) is 15.2. The van der Waals surface area contributed by atoms with Gasteiger partial charge in [-0.25, -0.2) is 4.98 Å². The first kappa shape index (κ1) is 20.4. The van der Waals surface area contributed by atoms with Crippen LogP contribution in [0.5, 0.6) is 0 Å². The SMILES string of the molecule is Cc1cc(-c2cccc3c2oc2nc(-c4c(C)cccc4C)ccc23)ncc1C(C)(C)C. The van der Waals surface area contributed by atoms with Crippen molar-refractivity contribution in [3.05, 3.63) is 83.0 Å². The normalized spacial score (nSPS) is 12.1. The molecule has 3 heterocycles. The van der Waals surface area contributed by atoms with Crippen LogP contribution in [0.2, 0.25) is 0 Å². The van der Waals surface area contributed by atoms with Gasteiger partial charge in [0.2, 0.25) is 5.71 Å². The molecule has 3 heteroatoms. The molecule has 3 aromatic heterocycles. The van der Waals surface area contributed by atoms with Crippen molar-refractivity contribution in [1.29, 1.82) is 0 Å². The fraction of sp³-hybridized carbons (Fsp3) is 0.241. The molecule has 2 aromatic carbocycles. The maximum Gasteiger partial charge on any atom is 0.227 e.